The number of fused-ring (bicyclic) bond motifs is 1. The van der Waals surface area contributed by atoms with E-state index in [1.807, 2.05) is 36.4 Å². The van der Waals surface area contributed by atoms with Crippen molar-refractivity contribution in [2.75, 3.05) is 0 Å². The Hall–Kier alpha value is -2.15. The normalized spacial score (nSPS) is 11.1. The Morgan fingerprint density at radius 3 is 2.72 bits per heavy atom. The third-order valence-electron chi connectivity index (χ3n) is 3.53. The van der Waals surface area contributed by atoms with Gasteiger partial charge in [-0.15, -0.1) is 10.2 Å². The summed E-state index contributed by atoms with van der Waals surface area (Å²) in [5.41, 5.74) is 2.64. The van der Waals surface area contributed by atoms with Gasteiger partial charge in [-0.25, -0.2) is 0 Å². The molecular formula is C17H11Cl2N5S. The molecule has 3 aromatic heterocycles. The zero-order chi connectivity index (χ0) is 17.2. The molecule has 0 aliphatic rings. The van der Waals surface area contributed by atoms with Gasteiger partial charge in [-0.2, -0.15) is 9.61 Å². The molecule has 0 saturated carbocycles. The Balaban J connectivity index is 1.61. The topological polar surface area (TPSA) is 56.0 Å². The monoisotopic (exact) mass is 387 g/mol. The summed E-state index contributed by atoms with van der Waals surface area (Å²) in [5, 5.41) is 15.0. The highest BCUT2D eigenvalue weighted by atomic mass is 35.5. The smallest absolute Gasteiger partial charge is 0.186 e. The molecule has 0 amide bonds. The van der Waals surface area contributed by atoms with E-state index in [9.17, 15) is 0 Å². The van der Waals surface area contributed by atoms with E-state index >= 15 is 0 Å². The van der Waals surface area contributed by atoms with Crippen LogP contribution in [0.3, 0.4) is 0 Å². The quantitative estimate of drug-likeness (QED) is 0.471. The van der Waals surface area contributed by atoms with Crippen molar-refractivity contribution < 1.29 is 0 Å². The van der Waals surface area contributed by atoms with Crippen molar-refractivity contribution >= 4 is 40.6 Å². The van der Waals surface area contributed by atoms with E-state index < -0.39 is 0 Å². The summed E-state index contributed by atoms with van der Waals surface area (Å²) < 4.78 is 1.73. The van der Waals surface area contributed by atoms with Crippen LogP contribution in [0.1, 0.15) is 5.56 Å². The highest BCUT2D eigenvalue weighted by Gasteiger charge is 2.10. The molecule has 0 aliphatic heterocycles. The summed E-state index contributed by atoms with van der Waals surface area (Å²) in [5.74, 6) is 1.40. The molecule has 25 heavy (non-hydrogen) atoms. The number of hydrogen-bond acceptors (Lipinski definition) is 5. The lowest BCUT2D eigenvalue weighted by Crippen LogP contribution is -1.97. The molecule has 4 rings (SSSR count). The van der Waals surface area contributed by atoms with Gasteiger partial charge >= 0.3 is 0 Å². The van der Waals surface area contributed by atoms with Crippen LogP contribution in [0.5, 0.6) is 0 Å². The second-order valence-electron chi connectivity index (χ2n) is 5.24. The summed E-state index contributed by atoms with van der Waals surface area (Å²) in [6, 6.07) is 13.3. The molecule has 0 N–H and O–H groups in total. The van der Waals surface area contributed by atoms with Crippen molar-refractivity contribution in [1.82, 2.24) is 24.8 Å². The lowest BCUT2D eigenvalue weighted by molar-refractivity contribution is 0.860. The molecule has 0 atom stereocenters. The van der Waals surface area contributed by atoms with Gasteiger partial charge in [0, 0.05) is 23.7 Å². The average Bonchev–Trinajstić information content (AvgIpc) is 3.06. The Kier molecular flexibility index (Phi) is 4.57. The van der Waals surface area contributed by atoms with E-state index in [1.54, 1.807) is 34.7 Å². The number of pyridine rings is 1. The maximum absolute atomic E-state index is 6.06. The standard InChI is InChI=1S/C17H11Cl2N5S/c18-13-4-3-11(8-14(13)19)10-25-16-6-5-15-21-22-17(24(15)23-16)12-2-1-7-20-9-12/h1-9H,10H2. The van der Waals surface area contributed by atoms with Crippen molar-refractivity contribution in [3.63, 3.8) is 0 Å². The Morgan fingerprint density at radius 1 is 1.00 bits per heavy atom. The maximum Gasteiger partial charge on any atom is 0.186 e. The van der Waals surface area contributed by atoms with E-state index in [0.29, 0.717) is 21.5 Å². The lowest BCUT2D eigenvalue weighted by atomic mass is 10.2. The molecule has 0 radical (unpaired) electrons. The van der Waals surface area contributed by atoms with Crippen LogP contribution in [-0.4, -0.2) is 24.8 Å². The molecule has 0 spiro atoms. The fraction of sp³-hybridized carbons (Fsp3) is 0.0588. The van der Waals surface area contributed by atoms with E-state index in [2.05, 4.69) is 20.3 Å². The van der Waals surface area contributed by atoms with Gasteiger partial charge in [-0.3, -0.25) is 4.98 Å². The highest BCUT2D eigenvalue weighted by molar-refractivity contribution is 7.98. The summed E-state index contributed by atoms with van der Waals surface area (Å²) in [6.07, 6.45) is 3.46. The first-order valence-electron chi connectivity index (χ1n) is 7.40. The van der Waals surface area contributed by atoms with Crippen molar-refractivity contribution in [3.05, 3.63) is 70.5 Å². The van der Waals surface area contributed by atoms with Gasteiger partial charge in [-0.1, -0.05) is 41.0 Å². The number of nitrogens with zero attached hydrogens (tertiary/aromatic N) is 5. The van der Waals surface area contributed by atoms with Gasteiger partial charge in [0.15, 0.2) is 11.5 Å². The zero-order valence-electron chi connectivity index (χ0n) is 12.8. The Morgan fingerprint density at radius 2 is 1.92 bits per heavy atom. The molecule has 0 fully saturated rings. The summed E-state index contributed by atoms with van der Waals surface area (Å²) in [6.45, 7) is 0. The zero-order valence-corrected chi connectivity index (χ0v) is 15.1. The van der Waals surface area contributed by atoms with E-state index in [-0.39, 0.29) is 0 Å². The third-order valence-corrected chi connectivity index (χ3v) is 5.26. The van der Waals surface area contributed by atoms with Crippen molar-refractivity contribution in [2.45, 2.75) is 10.8 Å². The fourth-order valence-corrected chi connectivity index (χ4v) is 3.43. The van der Waals surface area contributed by atoms with Gasteiger partial charge in [0.1, 0.15) is 5.03 Å². The van der Waals surface area contributed by atoms with Gasteiger partial charge < -0.3 is 0 Å². The highest BCUT2D eigenvalue weighted by Crippen LogP contribution is 2.27. The largest absolute Gasteiger partial charge is 0.264 e. The first kappa shape index (κ1) is 16.3. The average molecular weight is 388 g/mol. The summed E-state index contributed by atoms with van der Waals surface area (Å²) in [4.78, 5) is 4.12. The number of benzene rings is 1. The minimum atomic E-state index is 0.556. The molecule has 5 nitrogen and oxygen atoms in total. The van der Waals surface area contributed by atoms with Gasteiger partial charge in [0.05, 0.1) is 10.0 Å². The van der Waals surface area contributed by atoms with Crippen molar-refractivity contribution in [2.24, 2.45) is 0 Å². The molecule has 0 saturated heterocycles. The van der Waals surface area contributed by atoms with E-state index in [4.69, 9.17) is 23.2 Å². The van der Waals surface area contributed by atoms with Crippen molar-refractivity contribution in [3.8, 4) is 11.4 Å². The second-order valence-corrected chi connectivity index (χ2v) is 7.05. The van der Waals surface area contributed by atoms with Crippen LogP contribution in [0.4, 0.5) is 0 Å². The van der Waals surface area contributed by atoms with Crippen LogP contribution < -0.4 is 0 Å². The minimum absolute atomic E-state index is 0.556. The molecule has 1 aromatic carbocycles. The first-order chi connectivity index (χ1) is 12.2. The molecule has 3 heterocycles. The number of halogens is 2. The molecule has 4 aromatic rings. The Bertz CT molecular complexity index is 1040. The maximum atomic E-state index is 6.06. The third kappa shape index (κ3) is 3.46. The molecule has 8 heteroatoms. The molecule has 124 valence electrons. The van der Waals surface area contributed by atoms with Gasteiger partial charge in [0.2, 0.25) is 0 Å². The summed E-state index contributed by atoms with van der Waals surface area (Å²) in [7, 11) is 0. The summed E-state index contributed by atoms with van der Waals surface area (Å²) >= 11 is 13.6. The van der Waals surface area contributed by atoms with Gasteiger partial charge in [0.25, 0.3) is 0 Å². The predicted molar refractivity (Wildman–Crippen MR) is 100 cm³/mol. The van der Waals surface area contributed by atoms with Crippen LogP contribution in [-0.2, 0) is 5.75 Å². The van der Waals surface area contributed by atoms with Crippen LogP contribution in [0.2, 0.25) is 10.0 Å². The minimum Gasteiger partial charge on any atom is -0.264 e. The molecule has 0 unspecified atom stereocenters. The molecule has 0 bridgehead atoms. The number of aromatic nitrogens is 5. The first-order valence-corrected chi connectivity index (χ1v) is 9.14. The van der Waals surface area contributed by atoms with Crippen LogP contribution >= 0.6 is 35.0 Å². The Labute approximate surface area is 158 Å². The van der Waals surface area contributed by atoms with Crippen molar-refractivity contribution in [1.29, 1.82) is 0 Å². The van der Waals surface area contributed by atoms with E-state index in [0.717, 1.165) is 21.9 Å². The van der Waals surface area contributed by atoms with Crippen LogP contribution in [0.15, 0.2) is 59.9 Å². The number of thioether (sulfide) groups is 1. The second kappa shape index (κ2) is 7.00. The lowest BCUT2D eigenvalue weighted by Gasteiger charge is -2.04. The molecular weight excluding hydrogens is 377 g/mol. The number of hydrogen-bond donors (Lipinski definition) is 0. The van der Waals surface area contributed by atoms with Gasteiger partial charge in [-0.05, 0) is 42.0 Å². The predicted octanol–water partition coefficient (Wildman–Crippen LogP) is 4.79. The SMILES string of the molecule is Clc1ccc(CSc2ccc3nnc(-c4cccnc4)n3n2)cc1Cl. The van der Waals surface area contributed by atoms with E-state index in [1.165, 1.54) is 0 Å². The van der Waals surface area contributed by atoms with Crippen LogP contribution in [0.25, 0.3) is 17.0 Å². The van der Waals surface area contributed by atoms with Crippen LogP contribution in [0, 0.1) is 0 Å². The number of rotatable bonds is 4. The fourth-order valence-electron chi connectivity index (χ4n) is 2.31. The molecule has 0 aliphatic carbocycles.